The molecule has 0 bridgehead atoms. The Bertz CT molecular complexity index is 1170. The second-order valence-electron chi connectivity index (χ2n) is 7.62. The molecule has 0 spiro atoms. The van der Waals surface area contributed by atoms with Gasteiger partial charge in [-0.3, -0.25) is 4.79 Å². The highest BCUT2D eigenvalue weighted by Gasteiger charge is 2.37. The Labute approximate surface area is 182 Å². The van der Waals surface area contributed by atoms with Crippen molar-refractivity contribution >= 4 is 32.4 Å². The van der Waals surface area contributed by atoms with Gasteiger partial charge in [0, 0.05) is 17.1 Å². The Morgan fingerprint density at radius 3 is 2.42 bits per heavy atom. The fourth-order valence-corrected chi connectivity index (χ4v) is 5.63. The number of hydrogen-bond donors (Lipinski definition) is 1. The van der Waals surface area contributed by atoms with Crippen LogP contribution in [0, 0.1) is 0 Å². The monoisotopic (exact) mass is 438 g/mol. The first-order valence-corrected chi connectivity index (χ1v) is 12.0. The van der Waals surface area contributed by atoms with E-state index < -0.39 is 10.0 Å². The number of nitrogens with zero attached hydrogens (tertiary/aromatic N) is 1. The lowest BCUT2D eigenvalue weighted by Gasteiger charge is -2.36. The summed E-state index contributed by atoms with van der Waals surface area (Å²) in [6, 6.07) is 19.5. The SMILES string of the molecule is CCOc1ccc(NC(=O)CN(C2CCC2)S(=O)(=O)c2cccc3ccccc23)cc1. The standard InChI is InChI=1S/C24H26N2O4S/c1-2-30-21-15-13-19(14-16-21)25-24(27)17-26(20-9-6-10-20)31(28,29)23-12-5-8-18-7-3-4-11-22(18)23/h3-5,7-8,11-16,20H,2,6,9-10,17H2,1H3,(H,25,27). The molecule has 0 aliphatic heterocycles. The lowest BCUT2D eigenvalue weighted by atomic mass is 9.93. The molecule has 1 amide bonds. The summed E-state index contributed by atoms with van der Waals surface area (Å²) in [7, 11) is -3.84. The Morgan fingerprint density at radius 1 is 1.03 bits per heavy atom. The van der Waals surface area contributed by atoms with E-state index in [0.29, 0.717) is 17.7 Å². The molecule has 0 atom stereocenters. The number of sulfonamides is 1. The van der Waals surface area contributed by atoms with Crippen LogP contribution in [0.25, 0.3) is 10.8 Å². The van der Waals surface area contributed by atoms with E-state index in [1.165, 1.54) is 4.31 Å². The molecule has 3 aromatic carbocycles. The van der Waals surface area contributed by atoms with Crippen LogP contribution in [0.1, 0.15) is 26.2 Å². The fraction of sp³-hybridized carbons (Fsp3) is 0.292. The van der Waals surface area contributed by atoms with Gasteiger partial charge in [0.05, 0.1) is 18.0 Å². The number of ether oxygens (including phenoxy) is 1. The first kappa shape index (κ1) is 21.3. The Balaban J connectivity index is 1.57. The molecule has 1 fully saturated rings. The van der Waals surface area contributed by atoms with Gasteiger partial charge >= 0.3 is 0 Å². The topological polar surface area (TPSA) is 75.7 Å². The molecule has 4 rings (SSSR count). The smallest absolute Gasteiger partial charge is 0.244 e. The van der Waals surface area contributed by atoms with Crippen molar-refractivity contribution in [2.45, 2.75) is 37.1 Å². The lowest BCUT2D eigenvalue weighted by molar-refractivity contribution is -0.117. The van der Waals surface area contributed by atoms with Gasteiger partial charge in [0.15, 0.2) is 0 Å². The molecule has 1 N–H and O–H groups in total. The molecule has 1 aliphatic carbocycles. The number of nitrogens with one attached hydrogen (secondary N) is 1. The van der Waals surface area contributed by atoms with Gasteiger partial charge in [-0.15, -0.1) is 0 Å². The number of anilines is 1. The first-order valence-electron chi connectivity index (χ1n) is 10.5. The van der Waals surface area contributed by atoms with Gasteiger partial charge in [0.25, 0.3) is 0 Å². The van der Waals surface area contributed by atoms with Crippen LogP contribution in [0.3, 0.4) is 0 Å². The molecule has 0 aromatic heterocycles. The number of benzene rings is 3. The zero-order valence-electron chi connectivity index (χ0n) is 17.5. The van der Waals surface area contributed by atoms with E-state index in [2.05, 4.69) is 5.32 Å². The summed E-state index contributed by atoms with van der Waals surface area (Å²) in [6.45, 7) is 2.25. The van der Waals surface area contributed by atoms with E-state index in [4.69, 9.17) is 4.74 Å². The van der Waals surface area contributed by atoms with Gasteiger partial charge in [-0.05, 0) is 55.5 Å². The Hall–Kier alpha value is -2.90. The highest BCUT2D eigenvalue weighted by atomic mass is 32.2. The zero-order valence-corrected chi connectivity index (χ0v) is 18.3. The predicted octanol–water partition coefficient (Wildman–Crippen LogP) is 4.42. The van der Waals surface area contributed by atoms with Crippen LogP contribution in [0.15, 0.2) is 71.6 Å². The number of rotatable bonds is 8. The minimum absolute atomic E-state index is 0.157. The van der Waals surface area contributed by atoms with Crippen LogP contribution in [0.5, 0.6) is 5.75 Å². The summed E-state index contributed by atoms with van der Waals surface area (Å²) >= 11 is 0. The van der Waals surface area contributed by atoms with Crippen molar-refractivity contribution in [1.82, 2.24) is 4.31 Å². The average Bonchev–Trinajstić information content (AvgIpc) is 2.73. The molecule has 7 heteroatoms. The van der Waals surface area contributed by atoms with Gasteiger partial charge in [0.1, 0.15) is 5.75 Å². The van der Waals surface area contributed by atoms with Gasteiger partial charge in [0.2, 0.25) is 15.9 Å². The molecule has 0 saturated heterocycles. The lowest BCUT2D eigenvalue weighted by Crippen LogP contribution is -2.47. The van der Waals surface area contributed by atoms with Crippen molar-refractivity contribution < 1.29 is 17.9 Å². The molecular formula is C24H26N2O4S. The number of carbonyl (C=O) groups excluding carboxylic acids is 1. The van der Waals surface area contributed by atoms with Gasteiger partial charge in [-0.2, -0.15) is 4.31 Å². The van der Waals surface area contributed by atoms with E-state index in [-0.39, 0.29) is 23.4 Å². The van der Waals surface area contributed by atoms with E-state index in [0.717, 1.165) is 30.4 Å². The molecular weight excluding hydrogens is 412 g/mol. The highest BCUT2D eigenvalue weighted by molar-refractivity contribution is 7.89. The Kier molecular flexibility index (Phi) is 6.25. The van der Waals surface area contributed by atoms with Crippen LogP contribution in [-0.4, -0.2) is 37.8 Å². The minimum Gasteiger partial charge on any atom is -0.494 e. The van der Waals surface area contributed by atoms with Crippen LogP contribution < -0.4 is 10.1 Å². The quantitative estimate of drug-likeness (QED) is 0.565. The first-order chi connectivity index (χ1) is 15.0. The summed E-state index contributed by atoms with van der Waals surface area (Å²) in [5, 5.41) is 4.33. The Morgan fingerprint density at radius 2 is 1.74 bits per heavy atom. The van der Waals surface area contributed by atoms with Gasteiger partial charge in [-0.25, -0.2) is 8.42 Å². The molecule has 162 valence electrons. The molecule has 0 heterocycles. The molecule has 1 aliphatic rings. The van der Waals surface area contributed by atoms with Crippen molar-refractivity contribution in [2.24, 2.45) is 0 Å². The maximum Gasteiger partial charge on any atom is 0.244 e. The zero-order chi connectivity index (χ0) is 21.8. The molecule has 1 saturated carbocycles. The van der Waals surface area contributed by atoms with Crippen LogP contribution in [-0.2, 0) is 14.8 Å². The average molecular weight is 439 g/mol. The van der Waals surface area contributed by atoms with E-state index >= 15 is 0 Å². The van der Waals surface area contributed by atoms with Crippen LogP contribution >= 0.6 is 0 Å². The van der Waals surface area contributed by atoms with Crippen molar-refractivity contribution in [3.05, 3.63) is 66.7 Å². The normalized spacial score (nSPS) is 14.4. The summed E-state index contributed by atoms with van der Waals surface area (Å²) in [5.41, 5.74) is 0.601. The van der Waals surface area contributed by atoms with E-state index in [1.807, 2.05) is 31.2 Å². The summed E-state index contributed by atoms with van der Waals surface area (Å²) in [5.74, 6) is 0.356. The third-order valence-corrected chi connectivity index (χ3v) is 7.52. The van der Waals surface area contributed by atoms with Crippen molar-refractivity contribution in [2.75, 3.05) is 18.5 Å². The second-order valence-corrected chi connectivity index (χ2v) is 9.48. The molecule has 31 heavy (non-hydrogen) atoms. The molecule has 0 unspecified atom stereocenters. The van der Waals surface area contributed by atoms with Crippen molar-refractivity contribution in [3.63, 3.8) is 0 Å². The largest absolute Gasteiger partial charge is 0.494 e. The van der Waals surface area contributed by atoms with Crippen molar-refractivity contribution in [1.29, 1.82) is 0 Å². The minimum atomic E-state index is -3.84. The highest BCUT2D eigenvalue weighted by Crippen LogP contribution is 2.32. The molecule has 0 radical (unpaired) electrons. The number of hydrogen-bond acceptors (Lipinski definition) is 4. The molecule has 3 aromatic rings. The summed E-state index contributed by atoms with van der Waals surface area (Å²) in [4.78, 5) is 13.0. The maximum absolute atomic E-state index is 13.6. The van der Waals surface area contributed by atoms with E-state index in [9.17, 15) is 13.2 Å². The third-order valence-electron chi connectivity index (χ3n) is 5.57. The molecule has 6 nitrogen and oxygen atoms in total. The van der Waals surface area contributed by atoms with Gasteiger partial charge < -0.3 is 10.1 Å². The van der Waals surface area contributed by atoms with E-state index in [1.54, 1.807) is 42.5 Å². The summed E-state index contributed by atoms with van der Waals surface area (Å²) < 4.78 is 34.0. The predicted molar refractivity (Wildman–Crippen MR) is 122 cm³/mol. The number of fused-ring (bicyclic) bond motifs is 1. The van der Waals surface area contributed by atoms with Gasteiger partial charge in [-0.1, -0.05) is 42.8 Å². The number of amides is 1. The fourth-order valence-electron chi connectivity index (χ4n) is 3.78. The maximum atomic E-state index is 13.6. The second kappa shape index (κ2) is 9.08. The summed E-state index contributed by atoms with van der Waals surface area (Å²) in [6.07, 6.45) is 2.49. The van der Waals surface area contributed by atoms with Crippen molar-refractivity contribution in [3.8, 4) is 5.75 Å². The van der Waals surface area contributed by atoms with Crippen LogP contribution in [0.2, 0.25) is 0 Å². The van der Waals surface area contributed by atoms with Crippen LogP contribution in [0.4, 0.5) is 5.69 Å². The third kappa shape index (κ3) is 4.57. The number of carbonyl (C=O) groups is 1.